The molecule has 1 aliphatic heterocycles. The number of hydrogen-bond donors (Lipinski definition) is 15. The molecule has 1 fully saturated rings. The van der Waals surface area contributed by atoms with E-state index in [0.29, 0.717) is 12.0 Å². The van der Waals surface area contributed by atoms with E-state index in [1.54, 1.807) is 27.7 Å². The second-order valence-corrected chi connectivity index (χ2v) is 18.9. The third-order valence-corrected chi connectivity index (χ3v) is 11.9. The topological polar surface area (TPSA) is 487 Å². The van der Waals surface area contributed by atoms with E-state index in [1.807, 2.05) is 0 Å². The maximum Gasteiger partial charge on any atom is 0.249 e. The first-order chi connectivity index (χ1) is 35.6. The van der Waals surface area contributed by atoms with Gasteiger partial charge in [-0.15, -0.1) is 0 Å². The molecule has 1 saturated heterocycles. The first-order valence-corrected chi connectivity index (χ1v) is 24.6. The Morgan fingerprint density at radius 2 is 1.21 bits per heavy atom. The summed E-state index contributed by atoms with van der Waals surface area (Å²) < 4.78 is 0. The Hall–Kier alpha value is -7.95. The summed E-state index contributed by atoms with van der Waals surface area (Å²) in [5.41, 5.74) is 27.8. The SMILES string of the molecule is CC(=O)N[C@@H](CCCN=C(N)N)C(=O)N[C@@H](C)C(=O)N[C@@H](CO)C(=O)N[C@@H](CCC(N)=O)C(=O)N[C@@H](CC(N)=O)C(=O)N[C@@H](Cc1ccc(O)cc1)C(=O)N1CCC[C@H]1C(=O)N[C@H](C(=O)NC(=O)[C@@H](N)C(C)C)C(C)C. The van der Waals surface area contributed by atoms with E-state index < -0.39 is 157 Å². The number of aromatic hydroxyl groups is 1. The number of amides is 12. The molecule has 12 amide bonds. The van der Waals surface area contributed by atoms with Gasteiger partial charge in [-0.3, -0.25) is 67.8 Å². The van der Waals surface area contributed by atoms with Gasteiger partial charge in [-0.1, -0.05) is 39.8 Å². The first kappa shape index (κ1) is 64.2. The van der Waals surface area contributed by atoms with Crippen molar-refractivity contribution in [1.82, 2.24) is 47.4 Å². The minimum atomic E-state index is -1.87. The number of guanidine groups is 1. The Kier molecular flexibility index (Phi) is 26.2. The maximum atomic E-state index is 14.5. The van der Waals surface area contributed by atoms with Crippen molar-refractivity contribution in [2.24, 2.45) is 45.5 Å². The number of imide groups is 1. The number of likely N-dealkylation sites (tertiary alicyclic amines) is 1. The summed E-state index contributed by atoms with van der Waals surface area (Å²) in [6.45, 7) is 8.11. The Labute approximate surface area is 439 Å². The van der Waals surface area contributed by atoms with Gasteiger partial charge in [0.25, 0.3) is 0 Å². The lowest BCUT2D eigenvalue weighted by atomic mass is 10.0. The Bertz CT molecular complexity index is 2290. The molecule has 29 heteroatoms. The summed E-state index contributed by atoms with van der Waals surface area (Å²) in [6.07, 6.45) is -1.45. The van der Waals surface area contributed by atoms with E-state index in [1.165, 1.54) is 43.0 Å². The van der Waals surface area contributed by atoms with Gasteiger partial charge in [-0.05, 0) is 68.6 Å². The van der Waals surface area contributed by atoms with Gasteiger partial charge in [0.15, 0.2) is 5.96 Å². The van der Waals surface area contributed by atoms with Crippen LogP contribution in [0.1, 0.15) is 92.1 Å². The maximum absolute atomic E-state index is 14.5. The fourth-order valence-corrected chi connectivity index (χ4v) is 7.61. The Morgan fingerprint density at radius 1 is 0.658 bits per heavy atom. The Morgan fingerprint density at radius 3 is 1.76 bits per heavy atom. The summed E-state index contributed by atoms with van der Waals surface area (Å²) >= 11 is 0. The van der Waals surface area contributed by atoms with Crippen molar-refractivity contribution < 1.29 is 67.7 Å². The number of aliphatic hydroxyl groups excluding tert-OH is 1. The van der Waals surface area contributed by atoms with Crippen molar-refractivity contribution in [3.05, 3.63) is 29.8 Å². The number of carbonyl (C=O) groups excluding carboxylic acids is 12. The number of nitrogens with one attached hydrogen (secondary N) is 8. The lowest BCUT2D eigenvalue weighted by molar-refractivity contribution is -0.143. The summed E-state index contributed by atoms with van der Waals surface area (Å²) in [7, 11) is 0. The van der Waals surface area contributed by atoms with E-state index in [9.17, 15) is 67.7 Å². The predicted molar refractivity (Wildman–Crippen MR) is 271 cm³/mol. The highest BCUT2D eigenvalue weighted by atomic mass is 16.3. The highest BCUT2D eigenvalue weighted by Gasteiger charge is 2.41. The lowest BCUT2D eigenvalue weighted by Crippen LogP contribution is -2.61. The molecule has 0 radical (unpaired) electrons. The average Bonchev–Trinajstić information content (AvgIpc) is 3.84. The standard InChI is InChI=1S/C47H75N15O14/c1-22(2)36(50)44(74)61-45(75)37(23(3)4)60-43(73)33-10-8-18-62(33)46(76)31(19-26-11-13-27(65)14-12-26)58-41(71)30(20-35(49)67)57-40(70)29(15-16-34(48)66)56-42(72)32(21-63)59-38(68)24(5)54-39(69)28(55-25(6)64)9-7-17-53-47(51)52/h11-14,22-24,28-33,36-37,63,65H,7-10,15-21,50H2,1-6H3,(H2,48,66)(H2,49,67)(H,54,69)(H,55,64)(H,56,72)(H,57,70)(H,58,71)(H,59,68)(H,60,73)(H4,51,52,53)(H,61,74,75)/t24-,28-,29-,30-,31-,32-,33-,36-,37-/m0/s1. The molecule has 0 bridgehead atoms. The van der Waals surface area contributed by atoms with Gasteiger partial charge in [0, 0.05) is 32.9 Å². The molecule has 29 nitrogen and oxygen atoms in total. The zero-order valence-corrected chi connectivity index (χ0v) is 43.5. The first-order valence-electron chi connectivity index (χ1n) is 24.6. The quantitative estimate of drug-likeness (QED) is 0.0194. The monoisotopic (exact) mass is 1070 g/mol. The fraction of sp³-hybridized carbons (Fsp3) is 0.596. The second kappa shape index (κ2) is 31.1. The molecule has 1 aromatic carbocycles. The van der Waals surface area contributed by atoms with E-state index in [4.69, 9.17) is 28.7 Å². The molecule has 0 saturated carbocycles. The van der Waals surface area contributed by atoms with Crippen molar-refractivity contribution in [3.8, 4) is 5.75 Å². The molecular formula is C47H75N15O14. The van der Waals surface area contributed by atoms with E-state index in [-0.39, 0.29) is 56.4 Å². The number of hydrogen-bond acceptors (Lipinski definition) is 16. The largest absolute Gasteiger partial charge is 0.508 e. The molecule has 9 atom stereocenters. The van der Waals surface area contributed by atoms with Crippen LogP contribution in [0.2, 0.25) is 0 Å². The number of primary amides is 2. The summed E-state index contributed by atoms with van der Waals surface area (Å²) in [5.74, 6) is -12.2. The molecule has 422 valence electrons. The second-order valence-electron chi connectivity index (χ2n) is 18.9. The van der Waals surface area contributed by atoms with Crippen LogP contribution in [-0.2, 0) is 64.0 Å². The number of aliphatic hydroxyl groups is 1. The van der Waals surface area contributed by atoms with Gasteiger partial charge < -0.3 is 81.0 Å². The molecule has 20 N–H and O–H groups in total. The van der Waals surface area contributed by atoms with Gasteiger partial charge in [-0.25, -0.2) is 0 Å². The molecular weight excluding hydrogens is 999 g/mol. The minimum absolute atomic E-state index is 0.00647. The number of carbonyl (C=O) groups is 12. The predicted octanol–water partition coefficient (Wildman–Crippen LogP) is -6.17. The van der Waals surface area contributed by atoms with Crippen molar-refractivity contribution in [2.45, 2.75) is 147 Å². The van der Waals surface area contributed by atoms with Crippen molar-refractivity contribution in [2.75, 3.05) is 19.7 Å². The normalized spacial score (nSPS) is 16.2. The van der Waals surface area contributed by atoms with Gasteiger partial charge in [0.05, 0.1) is 19.1 Å². The number of nitrogens with two attached hydrogens (primary N) is 5. The zero-order chi connectivity index (χ0) is 57.6. The molecule has 76 heavy (non-hydrogen) atoms. The molecule has 0 unspecified atom stereocenters. The van der Waals surface area contributed by atoms with Crippen LogP contribution in [0.25, 0.3) is 0 Å². The number of benzene rings is 1. The summed E-state index contributed by atoms with van der Waals surface area (Å²) in [6, 6.07) is -7.32. The van der Waals surface area contributed by atoms with Crippen LogP contribution in [0.15, 0.2) is 29.3 Å². The third-order valence-electron chi connectivity index (χ3n) is 11.9. The van der Waals surface area contributed by atoms with Crippen molar-refractivity contribution in [1.29, 1.82) is 0 Å². The van der Waals surface area contributed by atoms with Gasteiger partial charge in [0.1, 0.15) is 54.1 Å². The van der Waals surface area contributed by atoms with Crippen LogP contribution >= 0.6 is 0 Å². The molecule has 0 spiro atoms. The van der Waals surface area contributed by atoms with Crippen LogP contribution in [-0.4, -0.2) is 166 Å². The van der Waals surface area contributed by atoms with Crippen LogP contribution in [0.3, 0.4) is 0 Å². The van der Waals surface area contributed by atoms with Crippen LogP contribution in [0, 0.1) is 11.8 Å². The molecule has 1 aromatic rings. The van der Waals surface area contributed by atoms with Crippen molar-refractivity contribution >= 4 is 76.8 Å². The average molecular weight is 1070 g/mol. The third kappa shape index (κ3) is 21.5. The van der Waals surface area contributed by atoms with E-state index in [2.05, 4.69) is 47.5 Å². The number of aliphatic imine (C=N–C) groups is 1. The Balaban J connectivity index is 2.37. The van der Waals surface area contributed by atoms with Gasteiger partial charge in [0.2, 0.25) is 70.9 Å². The number of phenols is 1. The summed E-state index contributed by atoms with van der Waals surface area (Å²) in [4.78, 5) is 163. The van der Waals surface area contributed by atoms with Crippen LogP contribution in [0.4, 0.5) is 0 Å². The molecule has 1 aliphatic rings. The lowest BCUT2D eigenvalue weighted by Gasteiger charge is -2.31. The molecule has 1 heterocycles. The molecule has 0 aromatic heterocycles. The molecule has 0 aliphatic carbocycles. The van der Waals surface area contributed by atoms with Gasteiger partial charge >= 0.3 is 0 Å². The van der Waals surface area contributed by atoms with Crippen LogP contribution in [0.5, 0.6) is 5.75 Å². The number of nitrogens with zero attached hydrogens (tertiary/aromatic N) is 2. The number of phenolic OH excluding ortho intramolecular Hbond substituents is 1. The number of rotatable bonds is 30. The smallest absolute Gasteiger partial charge is 0.249 e. The highest BCUT2D eigenvalue weighted by Crippen LogP contribution is 2.22. The van der Waals surface area contributed by atoms with E-state index in [0.717, 1.165) is 0 Å². The van der Waals surface area contributed by atoms with E-state index >= 15 is 0 Å². The minimum Gasteiger partial charge on any atom is -0.508 e. The molecule has 2 rings (SSSR count). The van der Waals surface area contributed by atoms with Crippen LogP contribution < -0.4 is 71.2 Å². The highest BCUT2D eigenvalue weighted by molar-refractivity contribution is 6.02. The van der Waals surface area contributed by atoms with Crippen molar-refractivity contribution in [3.63, 3.8) is 0 Å². The fourth-order valence-electron chi connectivity index (χ4n) is 7.61. The zero-order valence-electron chi connectivity index (χ0n) is 43.5. The van der Waals surface area contributed by atoms with Gasteiger partial charge in [-0.2, -0.15) is 0 Å². The summed E-state index contributed by atoms with van der Waals surface area (Å²) in [5, 5.41) is 39.1.